The number of carbonyl (C=O) groups excluding carboxylic acids is 1. The first kappa shape index (κ1) is 17.6. The maximum Gasteiger partial charge on any atom is 0.416 e. The highest BCUT2D eigenvalue weighted by Gasteiger charge is 2.30. The SMILES string of the molecule is Cc1cc(C(F)(F)F)ccc1CNC(=O)N[C@@H]1CCO[C@@H](C)C1. The molecule has 0 unspecified atom stereocenters. The van der Waals surface area contributed by atoms with Gasteiger partial charge in [0.1, 0.15) is 0 Å². The highest BCUT2D eigenvalue weighted by Crippen LogP contribution is 2.30. The molecule has 1 fully saturated rings. The van der Waals surface area contributed by atoms with Crippen molar-refractivity contribution in [2.75, 3.05) is 6.61 Å². The third-order valence-corrected chi connectivity index (χ3v) is 3.93. The smallest absolute Gasteiger partial charge is 0.378 e. The number of alkyl halides is 3. The van der Waals surface area contributed by atoms with Crippen LogP contribution in [0.15, 0.2) is 18.2 Å². The van der Waals surface area contributed by atoms with E-state index in [2.05, 4.69) is 10.6 Å². The van der Waals surface area contributed by atoms with Crippen LogP contribution < -0.4 is 10.6 Å². The molecule has 0 bridgehead atoms. The first-order chi connectivity index (χ1) is 10.8. The summed E-state index contributed by atoms with van der Waals surface area (Å²) >= 11 is 0. The summed E-state index contributed by atoms with van der Waals surface area (Å²) in [5.41, 5.74) is 0.479. The van der Waals surface area contributed by atoms with Gasteiger partial charge in [-0.25, -0.2) is 4.79 Å². The predicted octanol–water partition coefficient (Wildman–Crippen LogP) is 3.38. The van der Waals surface area contributed by atoms with Gasteiger partial charge in [0.05, 0.1) is 11.7 Å². The van der Waals surface area contributed by atoms with Gasteiger partial charge in [0.15, 0.2) is 0 Å². The number of hydrogen-bond acceptors (Lipinski definition) is 2. The summed E-state index contributed by atoms with van der Waals surface area (Å²) < 4.78 is 43.3. The Morgan fingerprint density at radius 2 is 2.13 bits per heavy atom. The van der Waals surface area contributed by atoms with Crippen LogP contribution in [0, 0.1) is 6.92 Å². The lowest BCUT2D eigenvalue weighted by Crippen LogP contribution is -2.45. The fourth-order valence-corrected chi connectivity index (χ4v) is 2.61. The summed E-state index contributed by atoms with van der Waals surface area (Å²) in [5, 5.41) is 5.55. The molecular weight excluding hydrogens is 309 g/mol. The third kappa shape index (κ3) is 5.13. The Kier molecular flexibility index (Phi) is 5.51. The molecule has 0 spiro atoms. The molecular formula is C16H21F3N2O2. The van der Waals surface area contributed by atoms with Crippen molar-refractivity contribution in [1.82, 2.24) is 10.6 Å². The second-order valence-electron chi connectivity index (χ2n) is 5.87. The Morgan fingerprint density at radius 3 is 2.74 bits per heavy atom. The molecule has 1 aromatic rings. The molecule has 2 amide bonds. The van der Waals surface area contributed by atoms with Gasteiger partial charge < -0.3 is 15.4 Å². The topological polar surface area (TPSA) is 50.4 Å². The fourth-order valence-electron chi connectivity index (χ4n) is 2.61. The summed E-state index contributed by atoms with van der Waals surface area (Å²) in [6.45, 7) is 4.36. The molecule has 23 heavy (non-hydrogen) atoms. The zero-order valence-corrected chi connectivity index (χ0v) is 13.2. The van der Waals surface area contributed by atoms with Gasteiger partial charge in [-0.2, -0.15) is 13.2 Å². The van der Waals surface area contributed by atoms with Crippen LogP contribution in [-0.4, -0.2) is 24.8 Å². The lowest BCUT2D eigenvalue weighted by molar-refractivity contribution is -0.137. The van der Waals surface area contributed by atoms with Crippen molar-refractivity contribution in [2.45, 2.75) is 51.6 Å². The number of carbonyl (C=O) groups is 1. The van der Waals surface area contributed by atoms with Crippen molar-refractivity contribution in [2.24, 2.45) is 0 Å². The van der Waals surface area contributed by atoms with E-state index in [-0.39, 0.29) is 24.7 Å². The van der Waals surface area contributed by atoms with Gasteiger partial charge in [0, 0.05) is 19.2 Å². The van der Waals surface area contributed by atoms with E-state index in [0.29, 0.717) is 17.7 Å². The quantitative estimate of drug-likeness (QED) is 0.893. The first-order valence-electron chi connectivity index (χ1n) is 7.58. The van der Waals surface area contributed by atoms with Crippen LogP contribution in [0.25, 0.3) is 0 Å². The van der Waals surface area contributed by atoms with Crippen LogP contribution in [0.5, 0.6) is 0 Å². The Hall–Kier alpha value is -1.76. The minimum atomic E-state index is -4.35. The molecule has 1 aromatic carbocycles. The van der Waals surface area contributed by atoms with Crippen LogP contribution in [0.3, 0.4) is 0 Å². The minimum absolute atomic E-state index is 0.0625. The Labute approximate surface area is 133 Å². The van der Waals surface area contributed by atoms with Crippen LogP contribution in [0.4, 0.5) is 18.0 Å². The van der Waals surface area contributed by atoms with Gasteiger partial charge in [0.25, 0.3) is 0 Å². The van der Waals surface area contributed by atoms with Crippen molar-refractivity contribution in [3.63, 3.8) is 0 Å². The average Bonchev–Trinajstić information content (AvgIpc) is 2.45. The molecule has 1 aliphatic heterocycles. The number of ether oxygens (including phenoxy) is 1. The monoisotopic (exact) mass is 330 g/mol. The predicted molar refractivity (Wildman–Crippen MR) is 80.0 cm³/mol. The Bertz CT molecular complexity index is 561. The molecule has 1 heterocycles. The summed E-state index contributed by atoms with van der Waals surface area (Å²) in [5.74, 6) is 0. The number of hydrogen-bond donors (Lipinski definition) is 2. The van der Waals surface area contributed by atoms with Gasteiger partial charge in [-0.05, 0) is 49.9 Å². The van der Waals surface area contributed by atoms with Gasteiger partial charge in [-0.3, -0.25) is 0 Å². The van der Waals surface area contributed by atoms with Gasteiger partial charge in [0.2, 0.25) is 0 Å². The highest BCUT2D eigenvalue weighted by molar-refractivity contribution is 5.74. The maximum atomic E-state index is 12.6. The second kappa shape index (κ2) is 7.21. The maximum absolute atomic E-state index is 12.6. The number of halogens is 3. The Balaban J connectivity index is 1.86. The lowest BCUT2D eigenvalue weighted by Gasteiger charge is -2.28. The van der Waals surface area contributed by atoms with Crippen LogP contribution in [0.1, 0.15) is 36.5 Å². The molecule has 0 radical (unpaired) electrons. The minimum Gasteiger partial charge on any atom is -0.378 e. The fraction of sp³-hybridized carbons (Fsp3) is 0.562. The average molecular weight is 330 g/mol. The molecule has 2 atom stereocenters. The number of amides is 2. The normalized spacial score (nSPS) is 21.8. The van der Waals surface area contributed by atoms with Crippen LogP contribution in [-0.2, 0) is 17.5 Å². The largest absolute Gasteiger partial charge is 0.416 e. The van der Waals surface area contributed by atoms with E-state index < -0.39 is 11.7 Å². The van der Waals surface area contributed by atoms with Gasteiger partial charge in [-0.1, -0.05) is 6.07 Å². The molecule has 2 rings (SSSR count). The number of aryl methyl sites for hydroxylation is 1. The first-order valence-corrected chi connectivity index (χ1v) is 7.58. The molecule has 0 saturated carbocycles. The van der Waals surface area contributed by atoms with Crippen molar-refractivity contribution in [3.8, 4) is 0 Å². The lowest BCUT2D eigenvalue weighted by atomic mass is 10.0. The summed E-state index contributed by atoms with van der Waals surface area (Å²) in [6.07, 6.45) is -2.72. The van der Waals surface area contributed by atoms with E-state index in [9.17, 15) is 18.0 Å². The van der Waals surface area contributed by atoms with E-state index in [4.69, 9.17) is 4.74 Å². The van der Waals surface area contributed by atoms with Crippen molar-refractivity contribution in [1.29, 1.82) is 0 Å². The standard InChI is InChI=1S/C16H21F3N2O2/c1-10-7-13(16(17,18)19)4-3-12(10)9-20-15(22)21-14-5-6-23-11(2)8-14/h3-4,7,11,14H,5-6,8-9H2,1-2H3,(H2,20,21,22)/t11-,14+/m0/s1. The summed E-state index contributed by atoms with van der Waals surface area (Å²) in [4.78, 5) is 11.9. The summed E-state index contributed by atoms with van der Waals surface area (Å²) in [6, 6.07) is 3.27. The molecule has 7 heteroatoms. The molecule has 0 aromatic heterocycles. The molecule has 2 N–H and O–H groups in total. The van der Waals surface area contributed by atoms with Crippen molar-refractivity contribution < 1.29 is 22.7 Å². The van der Waals surface area contributed by atoms with Crippen LogP contribution >= 0.6 is 0 Å². The highest BCUT2D eigenvalue weighted by atomic mass is 19.4. The van der Waals surface area contributed by atoms with E-state index in [1.54, 1.807) is 6.92 Å². The molecule has 1 saturated heterocycles. The number of nitrogens with one attached hydrogen (secondary N) is 2. The van der Waals surface area contributed by atoms with Gasteiger partial charge in [-0.15, -0.1) is 0 Å². The third-order valence-electron chi connectivity index (χ3n) is 3.93. The number of rotatable bonds is 3. The zero-order chi connectivity index (χ0) is 17.0. The van der Waals surface area contributed by atoms with E-state index in [1.807, 2.05) is 6.92 Å². The zero-order valence-electron chi connectivity index (χ0n) is 13.2. The molecule has 0 aliphatic carbocycles. The molecule has 128 valence electrons. The Morgan fingerprint density at radius 1 is 1.39 bits per heavy atom. The van der Waals surface area contributed by atoms with Crippen LogP contribution in [0.2, 0.25) is 0 Å². The van der Waals surface area contributed by atoms with Crippen molar-refractivity contribution >= 4 is 6.03 Å². The number of urea groups is 1. The van der Waals surface area contributed by atoms with E-state index >= 15 is 0 Å². The van der Waals surface area contributed by atoms with Crippen molar-refractivity contribution in [3.05, 3.63) is 34.9 Å². The van der Waals surface area contributed by atoms with E-state index in [1.165, 1.54) is 6.07 Å². The second-order valence-corrected chi connectivity index (χ2v) is 5.87. The number of benzene rings is 1. The molecule has 4 nitrogen and oxygen atoms in total. The molecule has 1 aliphatic rings. The van der Waals surface area contributed by atoms with E-state index in [0.717, 1.165) is 25.0 Å². The van der Waals surface area contributed by atoms with Gasteiger partial charge >= 0.3 is 12.2 Å². The summed E-state index contributed by atoms with van der Waals surface area (Å²) in [7, 11) is 0.